The van der Waals surface area contributed by atoms with Crippen LogP contribution in [0.4, 0.5) is 8.78 Å². The van der Waals surface area contributed by atoms with E-state index in [0.29, 0.717) is 11.1 Å². The van der Waals surface area contributed by atoms with Crippen molar-refractivity contribution in [3.8, 4) is 5.75 Å². The van der Waals surface area contributed by atoms with E-state index < -0.39 is 12.7 Å². The number of aromatic nitrogens is 1. The Morgan fingerprint density at radius 1 is 1.18 bits per heavy atom. The first-order chi connectivity index (χ1) is 8.18. The predicted octanol–water partition coefficient (Wildman–Crippen LogP) is 2.70. The van der Waals surface area contributed by atoms with Gasteiger partial charge in [-0.05, 0) is 12.1 Å². The Morgan fingerprint density at radius 2 is 1.94 bits per heavy atom. The van der Waals surface area contributed by atoms with Crippen molar-refractivity contribution < 1.29 is 18.6 Å². The van der Waals surface area contributed by atoms with Crippen molar-refractivity contribution in [1.29, 1.82) is 0 Å². The highest BCUT2D eigenvalue weighted by molar-refractivity contribution is 5.39. The normalized spacial score (nSPS) is 12.7. The van der Waals surface area contributed by atoms with Gasteiger partial charge >= 0.3 is 6.61 Å². The van der Waals surface area contributed by atoms with Crippen LogP contribution in [0.1, 0.15) is 17.2 Å². The number of halogens is 2. The maximum Gasteiger partial charge on any atom is 0.387 e. The molecule has 0 saturated carbocycles. The first-order valence-corrected chi connectivity index (χ1v) is 5.03. The molecule has 0 aliphatic heterocycles. The highest BCUT2D eigenvalue weighted by atomic mass is 19.3. The van der Waals surface area contributed by atoms with Gasteiger partial charge in [0.05, 0.1) is 0 Å². The Balaban J connectivity index is 2.31. The highest BCUT2D eigenvalue weighted by Gasteiger charge is 2.17. The maximum atomic E-state index is 12.2. The third-order valence-corrected chi connectivity index (χ3v) is 2.37. The molecule has 1 aromatic heterocycles. The van der Waals surface area contributed by atoms with Gasteiger partial charge < -0.3 is 14.8 Å². The summed E-state index contributed by atoms with van der Waals surface area (Å²) in [6, 6.07) is 7.85. The van der Waals surface area contributed by atoms with Crippen LogP contribution < -0.4 is 4.74 Å². The number of H-pyrrole nitrogens is 1. The zero-order valence-electron chi connectivity index (χ0n) is 8.81. The van der Waals surface area contributed by atoms with Crippen molar-refractivity contribution >= 4 is 0 Å². The largest absolute Gasteiger partial charge is 0.434 e. The van der Waals surface area contributed by atoms with E-state index in [9.17, 15) is 13.9 Å². The van der Waals surface area contributed by atoms with E-state index in [2.05, 4.69) is 9.72 Å². The molecule has 5 heteroatoms. The summed E-state index contributed by atoms with van der Waals surface area (Å²) in [5, 5.41) is 10.0. The first-order valence-electron chi connectivity index (χ1n) is 5.03. The van der Waals surface area contributed by atoms with Crippen LogP contribution in [-0.2, 0) is 0 Å². The lowest BCUT2D eigenvalue weighted by atomic mass is 10.0. The lowest BCUT2D eigenvalue weighted by Crippen LogP contribution is -2.07. The molecule has 2 aromatic rings. The van der Waals surface area contributed by atoms with E-state index in [4.69, 9.17) is 0 Å². The first kappa shape index (κ1) is 11.6. The molecule has 0 bridgehead atoms. The molecular formula is C12H11F2NO2. The molecular weight excluding hydrogens is 228 g/mol. The Kier molecular flexibility index (Phi) is 3.39. The van der Waals surface area contributed by atoms with Crippen LogP contribution in [0.5, 0.6) is 5.75 Å². The number of ether oxygens (including phenoxy) is 1. The SMILES string of the molecule is OC(c1cc[nH]c1)c1ccccc1OC(F)F. The van der Waals surface area contributed by atoms with Gasteiger partial charge in [-0.2, -0.15) is 8.78 Å². The van der Waals surface area contributed by atoms with E-state index in [-0.39, 0.29) is 5.75 Å². The van der Waals surface area contributed by atoms with Crippen LogP contribution in [-0.4, -0.2) is 16.7 Å². The van der Waals surface area contributed by atoms with Crippen molar-refractivity contribution in [3.05, 3.63) is 53.9 Å². The second-order valence-electron chi connectivity index (χ2n) is 3.46. The molecule has 0 aliphatic carbocycles. The van der Waals surface area contributed by atoms with Gasteiger partial charge in [-0.15, -0.1) is 0 Å². The third kappa shape index (κ3) is 2.62. The molecule has 1 unspecified atom stereocenters. The minimum Gasteiger partial charge on any atom is -0.434 e. The molecule has 0 aliphatic rings. The number of para-hydroxylation sites is 1. The number of aliphatic hydroxyl groups excluding tert-OH is 1. The Morgan fingerprint density at radius 3 is 2.59 bits per heavy atom. The molecule has 3 nitrogen and oxygen atoms in total. The summed E-state index contributed by atoms with van der Waals surface area (Å²) in [6.07, 6.45) is 2.26. The summed E-state index contributed by atoms with van der Waals surface area (Å²) < 4.78 is 28.8. The van der Waals surface area contributed by atoms with Crippen LogP contribution in [0.3, 0.4) is 0 Å². The van der Waals surface area contributed by atoms with Gasteiger partial charge in [0, 0.05) is 23.5 Å². The molecule has 17 heavy (non-hydrogen) atoms. The van der Waals surface area contributed by atoms with Crippen LogP contribution in [0.2, 0.25) is 0 Å². The second kappa shape index (κ2) is 4.97. The maximum absolute atomic E-state index is 12.2. The Bertz CT molecular complexity index is 471. The third-order valence-electron chi connectivity index (χ3n) is 2.37. The molecule has 0 spiro atoms. The molecule has 1 atom stereocenters. The lowest BCUT2D eigenvalue weighted by Gasteiger charge is -2.14. The van der Waals surface area contributed by atoms with Gasteiger partial charge in [0.1, 0.15) is 11.9 Å². The molecule has 1 aromatic carbocycles. The standard InChI is InChI=1S/C12H11F2NO2/c13-12(14)17-10-4-2-1-3-9(10)11(16)8-5-6-15-7-8/h1-7,11-12,15-16H. The van der Waals surface area contributed by atoms with E-state index >= 15 is 0 Å². The topological polar surface area (TPSA) is 45.2 Å². The summed E-state index contributed by atoms with van der Waals surface area (Å²) in [4.78, 5) is 2.79. The van der Waals surface area contributed by atoms with Crippen molar-refractivity contribution in [2.75, 3.05) is 0 Å². The van der Waals surface area contributed by atoms with E-state index in [1.165, 1.54) is 6.07 Å². The molecule has 0 radical (unpaired) electrons. The zero-order chi connectivity index (χ0) is 12.3. The minimum absolute atomic E-state index is 0.0174. The minimum atomic E-state index is -2.91. The summed E-state index contributed by atoms with van der Waals surface area (Å²) in [5.41, 5.74) is 0.905. The van der Waals surface area contributed by atoms with E-state index in [0.717, 1.165) is 0 Å². The van der Waals surface area contributed by atoms with Crippen LogP contribution >= 0.6 is 0 Å². The number of benzene rings is 1. The number of aliphatic hydroxyl groups is 1. The number of rotatable bonds is 4. The van der Waals surface area contributed by atoms with Crippen LogP contribution in [0.25, 0.3) is 0 Å². The number of nitrogens with one attached hydrogen (secondary N) is 1. The van der Waals surface area contributed by atoms with Crippen molar-refractivity contribution in [2.24, 2.45) is 0 Å². The number of hydrogen-bond acceptors (Lipinski definition) is 2. The summed E-state index contributed by atoms with van der Waals surface area (Å²) >= 11 is 0. The second-order valence-corrected chi connectivity index (χ2v) is 3.46. The fourth-order valence-corrected chi connectivity index (χ4v) is 1.60. The summed E-state index contributed by atoms with van der Waals surface area (Å²) in [6.45, 7) is -2.91. The van der Waals surface area contributed by atoms with Gasteiger partial charge in [0.25, 0.3) is 0 Å². The average Bonchev–Trinajstić information content (AvgIpc) is 2.81. The molecule has 2 rings (SSSR count). The Hall–Kier alpha value is -1.88. The monoisotopic (exact) mass is 239 g/mol. The van der Waals surface area contributed by atoms with Crippen molar-refractivity contribution in [3.63, 3.8) is 0 Å². The zero-order valence-corrected chi connectivity index (χ0v) is 8.81. The smallest absolute Gasteiger partial charge is 0.387 e. The fraction of sp³-hybridized carbons (Fsp3) is 0.167. The average molecular weight is 239 g/mol. The molecule has 1 heterocycles. The van der Waals surface area contributed by atoms with Crippen molar-refractivity contribution in [2.45, 2.75) is 12.7 Å². The van der Waals surface area contributed by atoms with Gasteiger partial charge in [-0.3, -0.25) is 0 Å². The van der Waals surface area contributed by atoms with Gasteiger partial charge in [0.2, 0.25) is 0 Å². The number of hydrogen-bond donors (Lipinski definition) is 2. The summed E-state index contributed by atoms with van der Waals surface area (Å²) in [5.74, 6) is -0.0174. The summed E-state index contributed by atoms with van der Waals surface area (Å²) in [7, 11) is 0. The van der Waals surface area contributed by atoms with Gasteiger partial charge in [-0.1, -0.05) is 18.2 Å². The number of alkyl halides is 2. The Labute approximate surface area is 96.7 Å². The lowest BCUT2D eigenvalue weighted by molar-refractivity contribution is -0.0512. The van der Waals surface area contributed by atoms with Crippen LogP contribution in [0.15, 0.2) is 42.7 Å². The van der Waals surface area contributed by atoms with Crippen molar-refractivity contribution in [1.82, 2.24) is 4.98 Å². The molecule has 0 saturated heterocycles. The van der Waals surface area contributed by atoms with Crippen LogP contribution in [0, 0.1) is 0 Å². The highest BCUT2D eigenvalue weighted by Crippen LogP contribution is 2.30. The van der Waals surface area contributed by atoms with Gasteiger partial charge in [0.15, 0.2) is 0 Å². The van der Waals surface area contributed by atoms with E-state index in [1.807, 2.05) is 0 Å². The molecule has 0 amide bonds. The quantitative estimate of drug-likeness (QED) is 0.861. The number of aromatic amines is 1. The fourth-order valence-electron chi connectivity index (χ4n) is 1.60. The van der Waals surface area contributed by atoms with E-state index in [1.54, 1.807) is 36.7 Å². The molecule has 2 N–H and O–H groups in total. The molecule has 0 fully saturated rings. The predicted molar refractivity (Wildman–Crippen MR) is 57.9 cm³/mol. The molecule has 90 valence electrons. The van der Waals surface area contributed by atoms with Gasteiger partial charge in [-0.25, -0.2) is 0 Å².